The van der Waals surface area contributed by atoms with E-state index in [1.54, 1.807) is 26.4 Å². The van der Waals surface area contributed by atoms with E-state index >= 15 is 0 Å². The second kappa shape index (κ2) is 9.32. The first-order valence-electron chi connectivity index (χ1n) is 9.42. The summed E-state index contributed by atoms with van der Waals surface area (Å²) < 4.78 is 11.4. The van der Waals surface area contributed by atoms with Crippen LogP contribution in [-0.2, 0) is 4.79 Å². The molecule has 0 aliphatic heterocycles. The number of methoxy groups -OCH3 is 2. The van der Waals surface area contributed by atoms with Crippen LogP contribution in [0.25, 0.3) is 28.1 Å². The Morgan fingerprint density at radius 2 is 1.87 bits per heavy atom. The number of hydrogen-bond donors (Lipinski definition) is 1. The normalized spacial score (nSPS) is 11.1. The topological polar surface area (TPSA) is 60.5 Å². The number of aromatic nitrogens is 1. The number of carbonyl (C=O) groups is 1. The summed E-state index contributed by atoms with van der Waals surface area (Å²) in [6.45, 7) is 0. The Labute approximate surface area is 192 Å². The van der Waals surface area contributed by atoms with Crippen LogP contribution < -0.4 is 14.8 Å². The van der Waals surface area contributed by atoms with Crippen LogP contribution in [0, 0.1) is 0 Å². The summed E-state index contributed by atoms with van der Waals surface area (Å²) in [5.41, 5.74) is 2.65. The molecule has 0 aliphatic carbocycles. The van der Waals surface area contributed by atoms with Crippen molar-refractivity contribution >= 4 is 55.2 Å². The molecule has 0 saturated heterocycles. The number of amides is 1. The van der Waals surface area contributed by atoms with Gasteiger partial charge in [0.15, 0.2) is 16.6 Å². The van der Waals surface area contributed by atoms with Crippen molar-refractivity contribution in [2.45, 2.75) is 0 Å². The van der Waals surface area contributed by atoms with E-state index in [2.05, 4.69) is 50.5 Å². The standard InChI is InChI=1S/C24H19BrN2O3S/c1-29-21-12-15(11-19(25)23(21)30-2)7-10-22(28)27-24-26-20(14-31-24)18-9-8-16-5-3-4-6-17(16)13-18/h3-14H,1-2H3,(H,26,27,28)/b10-7+. The molecule has 7 heteroatoms. The van der Waals surface area contributed by atoms with Crippen molar-refractivity contribution < 1.29 is 14.3 Å². The van der Waals surface area contributed by atoms with E-state index in [0.717, 1.165) is 26.7 Å². The Morgan fingerprint density at radius 1 is 1.06 bits per heavy atom. The third kappa shape index (κ3) is 4.78. The Balaban J connectivity index is 1.47. The van der Waals surface area contributed by atoms with E-state index in [4.69, 9.17) is 9.47 Å². The number of thiazole rings is 1. The van der Waals surface area contributed by atoms with Crippen LogP contribution in [0.1, 0.15) is 5.56 Å². The molecule has 5 nitrogen and oxygen atoms in total. The molecule has 1 aromatic heterocycles. The average Bonchev–Trinajstić information content (AvgIpc) is 3.25. The molecule has 0 bridgehead atoms. The minimum absolute atomic E-state index is 0.259. The first kappa shape index (κ1) is 21.1. The van der Waals surface area contributed by atoms with Gasteiger partial charge in [0.2, 0.25) is 5.91 Å². The van der Waals surface area contributed by atoms with Crippen LogP contribution in [0.3, 0.4) is 0 Å². The highest BCUT2D eigenvalue weighted by molar-refractivity contribution is 9.10. The zero-order valence-electron chi connectivity index (χ0n) is 16.9. The lowest BCUT2D eigenvalue weighted by atomic mass is 10.1. The van der Waals surface area contributed by atoms with E-state index in [0.29, 0.717) is 16.6 Å². The highest BCUT2D eigenvalue weighted by atomic mass is 79.9. The third-order valence-corrected chi connectivity index (χ3v) is 6.01. The summed E-state index contributed by atoms with van der Waals surface area (Å²) in [6, 6.07) is 18.1. The molecular formula is C24H19BrN2O3S. The minimum atomic E-state index is -0.259. The third-order valence-electron chi connectivity index (χ3n) is 4.66. The number of benzene rings is 3. The van der Waals surface area contributed by atoms with Gasteiger partial charge in [-0.05, 0) is 56.5 Å². The SMILES string of the molecule is COc1cc(/C=C/C(=O)Nc2nc(-c3ccc4ccccc4c3)cs2)cc(Br)c1OC. The van der Waals surface area contributed by atoms with Gasteiger partial charge >= 0.3 is 0 Å². The Kier molecular flexibility index (Phi) is 6.34. The van der Waals surface area contributed by atoms with E-state index in [1.807, 2.05) is 29.6 Å². The van der Waals surface area contributed by atoms with Gasteiger partial charge in [0.1, 0.15) is 0 Å². The molecule has 1 N–H and O–H groups in total. The number of carbonyl (C=O) groups excluding carboxylic acids is 1. The fraction of sp³-hybridized carbons (Fsp3) is 0.0833. The van der Waals surface area contributed by atoms with E-state index in [-0.39, 0.29) is 5.91 Å². The zero-order valence-corrected chi connectivity index (χ0v) is 19.3. The van der Waals surface area contributed by atoms with Gasteiger partial charge in [-0.25, -0.2) is 4.98 Å². The highest BCUT2D eigenvalue weighted by Gasteiger charge is 2.10. The number of hydrogen-bond acceptors (Lipinski definition) is 5. The van der Waals surface area contributed by atoms with E-state index < -0.39 is 0 Å². The summed E-state index contributed by atoms with van der Waals surface area (Å²) in [5, 5.41) is 7.64. The second-order valence-electron chi connectivity index (χ2n) is 6.66. The fourth-order valence-corrected chi connectivity index (χ4v) is 4.51. The molecule has 0 unspecified atom stereocenters. The predicted molar refractivity (Wildman–Crippen MR) is 130 cm³/mol. The van der Waals surface area contributed by atoms with Crippen LogP contribution in [0.15, 0.2) is 70.5 Å². The first-order chi connectivity index (χ1) is 15.1. The molecule has 0 aliphatic rings. The van der Waals surface area contributed by atoms with Crippen molar-refractivity contribution in [1.82, 2.24) is 4.98 Å². The van der Waals surface area contributed by atoms with E-state index in [9.17, 15) is 4.79 Å². The van der Waals surface area contributed by atoms with Gasteiger partial charge in [0.05, 0.1) is 24.4 Å². The lowest BCUT2D eigenvalue weighted by Gasteiger charge is -2.10. The lowest BCUT2D eigenvalue weighted by molar-refractivity contribution is -0.111. The lowest BCUT2D eigenvalue weighted by Crippen LogP contribution is -2.07. The predicted octanol–water partition coefficient (Wildman–Crippen LogP) is 6.39. The number of nitrogens with zero attached hydrogens (tertiary/aromatic N) is 1. The van der Waals surface area contributed by atoms with Crippen LogP contribution in [0.2, 0.25) is 0 Å². The molecule has 1 heterocycles. The van der Waals surface area contributed by atoms with Gasteiger partial charge in [-0.2, -0.15) is 0 Å². The van der Waals surface area contributed by atoms with Crippen LogP contribution in [0.4, 0.5) is 5.13 Å². The van der Waals surface area contributed by atoms with Crippen molar-refractivity contribution in [3.8, 4) is 22.8 Å². The Morgan fingerprint density at radius 3 is 2.65 bits per heavy atom. The Bertz CT molecular complexity index is 1280. The van der Waals surface area contributed by atoms with Crippen molar-refractivity contribution in [3.63, 3.8) is 0 Å². The maximum absolute atomic E-state index is 12.4. The smallest absolute Gasteiger partial charge is 0.250 e. The maximum atomic E-state index is 12.4. The van der Waals surface area contributed by atoms with Crippen LogP contribution >= 0.6 is 27.3 Å². The molecule has 0 fully saturated rings. The molecule has 4 rings (SSSR count). The average molecular weight is 495 g/mol. The minimum Gasteiger partial charge on any atom is -0.493 e. The monoisotopic (exact) mass is 494 g/mol. The largest absolute Gasteiger partial charge is 0.493 e. The quantitative estimate of drug-likeness (QED) is 0.315. The molecule has 0 atom stereocenters. The number of ether oxygens (including phenoxy) is 2. The van der Waals surface area contributed by atoms with E-state index in [1.165, 1.54) is 22.8 Å². The summed E-state index contributed by atoms with van der Waals surface area (Å²) in [4.78, 5) is 16.9. The molecule has 1 amide bonds. The molecule has 0 radical (unpaired) electrons. The molecular weight excluding hydrogens is 476 g/mol. The molecule has 156 valence electrons. The van der Waals surface area contributed by atoms with Gasteiger partial charge in [0, 0.05) is 17.0 Å². The molecule has 3 aromatic carbocycles. The molecule has 0 saturated carbocycles. The van der Waals surface area contributed by atoms with Crippen molar-refractivity contribution in [1.29, 1.82) is 0 Å². The fourth-order valence-electron chi connectivity index (χ4n) is 3.17. The molecule has 4 aromatic rings. The summed E-state index contributed by atoms with van der Waals surface area (Å²) in [6.07, 6.45) is 3.17. The van der Waals surface area contributed by atoms with Gasteiger partial charge in [-0.3, -0.25) is 10.1 Å². The summed E-state index contributed by atoms with van der Waals surface area (Å²) >= 11 is 4.84. The first-order valence-corrected chi connectivity index (χ1v) is 11.1. The van der Waals surface area contributed by atoms with Gasteiger partial charge in [-0.1, -0.05) is 36.4 Å². The summed E-state index contributed by atoms with van der Waals surface area (Å²) in [7, 11) is 3.14. The maximum Gasteiger partial charge on any atom is 0.250 e. The number of rotatable bonds is 6. The number of fused-ring (bicyclic) bond motifs is 1. The van der Waals surface area contributed by atoms with Crippen LogP contribution in [0.5, 0.6) is 11.5 Å². The Hall–Kier alpha value is -3.16. The van der Waals surface area contributed by atoms with Gasteiger partial charge < -0.3 is 9.47 Å². The van der Waals surface area contributed by atoms with Crippen molar-refractivity contribution in [2.75, 3.05) is 19.5 Å². The molecule has 0 spiro atoms. The zero-order chi connectivity index (χ0) is 21.8. The summed E-state index contributed by atoms with van der Waals surface area (Å²) in [5.74, 6) is 0.926. The number of nitrogens with one attached hydrogen (secondary N) is 1. The van der Waals surface area contributed by atoms with Crippen molar-refractivity contribution in [2.24, 2.45) is 0 Å². The number of halogens is 1. The van der Waals surface area contributed by atoms with Crippen LogP contribution in [-0.4, -0.2) is 25.1 Å². The number of anilines is 1. The van der Waals surface area contributed by atoms with Gasteiger partial charge in [-0.15, -0.1) is 11.3 Å². The van der Waals surface area contributed by atoms with Gasteiger partial charge in [0.25, 0.3) is 0 Å². The highest BCUT2D eigenvalue weighted by Crippen LogP contribution is 2.36. The molecule has 31 heavy (non-hydrogen) atoms. The van der Waals surface area contributed by atoms with Crippen molar-refractivity contribution in [3.05, 3.63) is 76.1 Å². The second-order valence-corrected chi connectivity index (χ2v) is 8.37.